The van der Waals surface area contributed by atoms with Crippen molar-refractivity contribution < 1.29 is 27.4 Å². The lowest BCUT2D eigenvalue weighted by Gasteiger charge is -2.09. The number of halogens is 3. The SMILES string of the molecule is COC(=O)C(N)CCSCOCC(F)(F)F. The first-order chi connectivity index (χ1) is 7.37. The third-order valence-electron chi connectivity index (χ3n) is 1.51. The number of hydrogen-bond acceptors (Lipinski definition) is 5. The lowest BCUT2D eigenvalue weighted by molar-refractivity contribution is -0.168. The summed E-state index contributed by atoms with van der Waals surface area (Å²) in [5, 5.41) is 0. The van der Waals surface area contributed by atoms with E-state index in [1.54, 1.807) is 0 Å². The fourth-order valence-corrected chi connectivity index (χ4v) is 1.49. The molecule has 0 aromatic carbocycles. The number of ether oxygens (including phenoxy) is 2. The van der Waals surface area contributed by atoms with E-state index in [0.717, 1.165) is 11.8 Å². The zero-order valence-corrected chi connectivity index (χ0v) is 9.57. The third-order valence-corrected chi connectivity index (χ3v) is 2.37. The molecule has 0 aliphatic heterocycles. The summed E-state index contributed by atoms with van der Waals surface area (Å²) in [6.45, 7) is -1.26. The Morgan fingerprint density at radius 2 is 2.12 bits per heavy atom. The molecule has 0 aromatic rings. The minimum Gasteiger partial charge on any atom is -0.468 e. The minimum atomic E-state index is -4.30. The summed E-state index contributed by atoms with van der Waals surface area (Å²) in [6.07, 6.45) is -3.96. The van der Waals surface area contributed by atoms with E-state index in [-0.39, 0.29) is 5.94 Å². The van der Waals surface area contributed by atoms with Crippen LogP contribution >= 0.6 is 11.8 Å². The van der Waals surface area contributed by atoms with Gasteiger partial charge in [0.2, 0.25) is 0 Å². The largest absolute Gasteiger partial charge is 0.468 e. The number of nitrogens with two attached hydrogens (primary N) is 1. The number of rotatable bonds is 7. The van der Waals surface area contributed by atoms with Crippen LogP contribution in [0.15, 0.2) is 0 Å². The number of esters is 1. The van der Waals surface area contributed by atoms with Gasteiger partial charge in [-0.05, 0) is 12.2 Å². The van der Waals surface area contributed by atoms with Gasteiger partial charge in [-0.15, -0.1) is 11.8 Å². The highest BCUT2D eigenvalue weighted by Crippen LogP contribution is 2.15. The van der Waals surface area contributed by atoms with E-state index in [1.165, 1.54) is 7.11 Å². The molecular formula is C8H14F3NO3S. The second-order valence-electron chi connectivity index (χ2n) is 2.91. The Labute approximate surface area is 95.6 Å². The molecule has 1 unspecified atom stereocenters. The van der Waals surface area contributed by atoms with Crippen LogP contribution in [0.3, 0.4) is 0 Å². The van der Waals surface area contributed by atoms with Crippen LogP contribution in [-0.4, -0.2) is 43.6 Å². The number of methoxy groups -OCH3 is 1. The first-order valence-electron chi connectivity index (χ1n) is 4.42. The highest BCUT2D eigenvalue weighted by Gasteiger charge is 2.27. The molecule has 8 heteroatoms. The molecule has 96 valence electrons. The van der Waals surface area contributed by atoms with E-state index in [0.29, 0.717) is 12.2 Å². The van der Waals surface area contributed by atoms with Crippen LogP contribution in [0.4, 0.5) is 13.2 Å². The van der Waals surface area contributed by atoms with E-state index in [9.17, 15) is 18.0 Å². The molecule has 0 aliphatic carbocycles. The maximum absolute atomic E-state index is 11.6. The summed E-state index contributed by atoms with van der Waals surface area (Å²) in [5.41, 5.74) is 5.40. The van der Waals surface area contributed by atoms with Crippen LogP contribution < -0.4 is 5.73 Å². The number of carbonyl (C=O) groups excluding carboxylic acids is 1. The highest BCUT2D eigenvalue weighted by atomic mass is 32.2. The van der Waals surface area contributed by atoms with Gasteiger partial charge in [-0.25, -0.2) is 0 Å². The van der Waals surface area contributed by atoms with Crippen molar-refractivity contribution in [1.82, 2.24) is 0 Å². The molecule has 0 radical (unpaired) electrons. The van der Waals surface area contributed by atoms with Gasteiger partial charge in [-0.3, -0.25) is 4.79 Å². The standard InChI is InChI=1S/C8H14F3NO3S/c1-14-7(13)6(12)2-3-16-5-15-4-8(9,10)11/h6H,2-5,12H2,1H3. The summed E-state index contributed by atoms with van der Waals surface area (Å²) in [6, 6.07) is -0.736. The van der Waals surface area contributed by atoms with Crippen molar-refractivity contribution in [3.8, 4) is 0 Å². The Morgan fingerprint density at radius 3 is 2.62 bits per heavy atom. The van der Waals surface area contributed by atoms with Gasteiger partial charge < -0.3 is 15.2 Å². The predicted octanol–water partition coefficient (Wildman–Crippen LogP) is 1.15. The van der Waals surface area contributed by atoms with E-state index in [1.807, 2.05) is 0 Å². The zero-order chi connectivity index (χ0) is 12.6. The molecule has 0 saturated heterocycles. The topological polar surface area (TPSA) is 61.5 Å². The number of hydrogen-bond donors (Lipinski definition) is 1. The molecule has 0 rings (SSSR count). The van der Waals surface area contributed by atoms with Crippen LogP contribution in [0, 0.1) is 0 Å². The van der Waals surface area contributed by atoms with Crippen LogP contribution in [0.1, 0.15) is 6.42 Å². The Kier molecular flexibility index (Phi) is 7.52. The summed E-state index contributed by atoms with van der Waals surface area (Å²) in [7, 11) is 1.22. The van der Waals surface area contributed by atoms with Gasteiger partial charge in [0.05, 0.1) is 13.0 Å². The number of thioether (sulfide) groups is 1. The average molecular weight is 261 g/mol. The van der Waals surface area contributed by atoms with Crippen LogP contribution in [0.2, 0.25) is 0 Å². The van der Waals surface area contributed by atoms with Crippen molar-refractivity contribution in [2.24, 2.45) is 5.73 Å². The summed E-state index contributed by atoms with van der Waals surface area (Å²) >= 11 is 1.14. The fraction of sp³-hybridized carbons (Fsp3) is 0.875. The second kappa shape index (κ2) is 7.75. The van der Waals surface area contributed by atoms with Gasteiger partial charge in [0.1, 0.15) is 12.6 Å². The molecule has 16 heavy (non-hydrogen) atoms. The molecule has 0 aliphatic rings. The van der Waals surface area contributed by atoms with Crippen molar-refractivity contribution in [2.45, 2.75) is 18.6 Å². The van der Waals surface area contributed by atoms with Crippen molar-refractivity contribution in [2.75, 3.05) is 25.4 Å². The van der Waals surface area contributed by atoms with Crippen LogP contribution in [-0.2, 0) is 14.3 Å². The molecule has 0 spiro atoms. The zero-order valence-electron chi connectivity index (χ0n) is 8.75. The Hall–Kier alpha value is -0.470. The van der Waals surface area contributed by atoms with Gasteiger partial charge in [-0.1, -0.05) is 0 Å². The lowest BCUT2D eigenvalue weighted by Crippen LogP contribution is -2.32. The predicted molar refractivity (Wildman–Crippen MR) is 53.9 cm³/mol. The van der Waals surface area contributed by atoms with Crippen molar-refractivity contribution in [3.63, 3.8) is 0 Å². The quantitative estimate of drug-likeness (QED) is 0.423. The van der Waals surface area contributed by atoms with Gasteiger partial charge in [0.25, 0.3) is 0 Å². The molecule has 0 aromatic heterocycles. The molecule has 0 bridgehead atoms. The van der Waals surface area contributed by atoms with Crippen LogP contribution in [0.5, 0.6) is 0 Å². The lowest BCUT2D eigenvalue weighted by atomic mass is 10.2. The van der Waals surface area contributed by atoms with Gasteiger partial charge in [0.15, 0.2) is 0 Å². The monoisotopic (exact) mass is 261 g/mol. The maximum atomic E-state index is 11.6. The highest BCUT2D eigenvalue weighted by molar-refractivity contribution is 7.99. The fourth-order valence-electron chi connectivity index (χ4n) is 0.755. The van der Waals surface area contributed by atoms with E-state index < -0.39 is 24.8 Å². The molecule has 0 fully saturated rings. The van der Waals surface area contributed by atoms with E-state index >= 15 is 0 Å². The molecule has 1 atom stereocenters. The number of carbonyl (C=O) groups is 1. The second-order valence-corrected chi connectivity index (χ2v) is 3.96. The van der Waals surface area contributed by atoms with Crippen molar-refractivity contribution in [1.29, 1.82) is 0 Å². The summed E-state index contributed by atoms with van der Waals surface area (Å²) in [4.78, 5) is 10.8. The third kappa shape index (κ3) is 8.81. The van der Waals surface area contributed by atoms with Crippen molar-refractivity contribution in [3.05, 3.63) is 0 Å². The average Bonchev–Trinajstić information content (AvgIpc) is 2.20. The van der Waals surface area contributed by atoms with Crippen LogP contribution in [0.25, 0.3) is 0 Å². The molecule has 2 N–H and O–H groups in total. The van der Waals surface area contributed by atoms with Gasteiger partial charge in [0, 0.05) is 0 Å². The minimum absolute atomic E-state index is 0.0760. The normalized spacial score (nSPS) is 13.6. The molecule has 4 nitrogen and oxygen atoms in total. The first-order valence-corrected chi connectivity index (χ1v) is 5.58. The molecule has 0 amide bonds. The van der Waals surface area contributed by atoms with E-state index in [4.69, 9.17) is 5.73 Å². The van der Waals surface area contributed by atoms with Gasteiger partial charge >= 0.3 is 12.1 Å². The first kappa shape index (κ1) is 15.5. The molecular weight excluding hydrogens is 247 g/mol. The van der Waals surface area contributed by atoms with Crippen molar-refractivity contribution >= 4 is 17.7 Å². The summed E-state index contributed by atoms with van der Waals surface area (Å²) < 4.78 is 43.6. The Bertz CT molecular complexity index is 213. The molecule has 0 saturated carbocycles. The smallest absolute Gasteiger partial charge is 0.411 e. The summed E-state index contributed by atoms with van der Waals surface area (Å²) in [5.74, 6) is -0.168. The van der Waals surface area contributed by atoms with E-state index in [2.05, 4.69) is 9.47 Å². The molecule has 0 heterocycles. The van der Waals surface area contributed by atoms with Gasteiger partial charge in [-0.2, -0.15) is 13.2 Å². The number of alkyl halides is 3. The Balaban J connectivity index is 3.37. The maximum Gasteiger partial charge on any atom is 0.411 e. The Morgan fingerprint density at radius 1 is 1.50 bits per heavy atom.